The summed E-state index contributed by atoms with van der Waals surface area (Å²) >= 11 is 0. The van der Waals surface area contributed by atoms with E-state index in [4.69, 9.17) is 4.74 Å². The Hall–Kier alpha value is -1.86. The Kier molecular flexibility index (Phi) is 5.20. The van der Waals surface area contributed by atoms with E-state index in [1.807, 2.05) is 0 Å². The van der Waals surface area contributed by atoms with E-state index in [0.29, 0.717) is 30.9 Å². The maximum absolute atomic E-state index is 12.4. The first-order chi connectivity index (χ1) is 10.4. The molecule has 0 radical (unpaired) electrons. The largest absolute Gasteiger partial charge is 0.497 e. The van der Waals surface area contributed by atoms with Gasteiger partial charge in [-0.15, -0.1) is 0 Å². The number of hydrogen-bond acceptors (Lipinski definition) is 4. The van der Waals surface area contributed by atoms with Gasteiger partial charge in [0.25, 0.3) is 5.91 Å². The van der Waals surface area contributed by atoms with E-state index < -0.39 is 10.0 Å². The highest BCUT2D eigenvalue weighted by molar-refractivity contribution is 7.92. The smallest absolute Gasteiger partial charge is 0.253 e. The highest BCUT2D eigenvalue weighted by Gasteiger charge is 2.27. The van der Waals surface area contributed by atoms with Crippen molar-refractivity contribution in [2.75, 3.05) is 26.7 Å². The molecule has 1 unspecified atom stereocenters. The second-order valence-corrected chi connectivity index (χ2v) is 6.91. The van der Waals surface area contributed by atoms with Gasteiger partial charge in [0.05, 0.1) is 7.11 Å². The van der Waals surface area contributed by atoms with Gasteiger partial charge in [-0.25, -0.2) is 13.1 Å². The van der Waals surface area contributed by atoms with Gasteiger partial charge in [0.2, 0.25) is 10.0 Å². The van der Waals surface area contributed by atoms with Crippen LogP contribution in [0.25, 0.3) is 0 Å². The number of methoxy groups -OCH3 is 1. The van der Waals surface area contributed by atoms with Gasteiger partial charge in [0.15, 0.2) is 0 Å². The molecule has 6 nitrogen and oxygen atoms in total. The summed E-state index contributed by atoms with van der Waals surface area (Å²) in [6, 6.07) is 7.01. The van der Waals surface area contributed by atoms with Gasteiger partial charge >= 0.3 is 0 Å². The van der Waals surface area contributed by atoms with Gasteiger partial charge in [0.1, 0.15) is 5.75 Å². The van der Waals surface area contributed by atoms with Gasteiger partial charge in [-0.05, 0) is 30.5 Å². The van der Waals surface area contributed by atoms with E-state index in [2.05, 4.69) is 11.3 Å². The summed E-state index contributed by atoms with van der Waals surface area (Å²) in [4.78, 5) is 14.2. The Morgan fingerprint density at radius 1 is 1.55 bits per heavy atom. The summed E-state index contributed by atoms with van der Waals surface area (Å²) in [6.45, 7) is 4.72. The van der Waals surface area contributed by atoms with Crippen molar-refractivity contribution in [2.24, 2.45) is 5.92 Å². The number of carbonyl (C=O) groups excluding carboxylic acids is 1. The third-order valence-corrected chi connectivity index (χ3v) is 4.69. The zero-order valence-corrected chi connectivity index (χ0v) is 13.3. The van der Waals surface area contributed by atoms with Crippen LogP contribution in [0.4, 0.5) is 0 Å². The molecule has 1 amide bonds. The lowest BCUT2D eigenvalue weighted by atomic mass is 10.1. The van der Waals surface area contributed by atoms with E-state index in [-0.39, 0.29) is 11.8 Å². The lowest BCUT2D eigenvalue weighted by molar-refractivity contribution is 0.0787. The van der Waals surface area contributed by atoms with Crippen LogP contribution in [0.5, 0.6) is 5.75 Å². The molecule has 0 aromatic heterocycles. The van der Waals surface area contributed by atoms with E-state index in [1.165, 1.54) is 0 Å². The minimum atomic E-state index is -3.41. The number of rotatable bonds is 6. The van der Waals surface area contributed by atoms with Crippen molar-refractivity contribution in [1.82, 2.24) is 9.62 Å². The SMILES string of the molecule is C=CS(=O)(=O)NCC1CCN(C(=O)c2cccc(OC)c2)C1. The fourth-order valence-corrected chi connectivity index (χ4v) is 3.00. The highest BCUT2D eigenvalue weighted by atomic mass is 32.2. The Morgan fingerprint density at radius 3 is 3.00 bits per heavy atom. The number of sulfonamides is 1. The summed E-state index contributed by atoms with van der Waals surface area (Å²) in [6.07, 6.45) is 0.773. The van der Waals surface area contributed by atoms with Crippen molar-refractivity contribution in [3.05, 3.63) is 41.8 Å². The highest BCUT2D eigenvalue weighted by Crippen LogP contribution is 2.20. The molecule has 1 heterocycles. The summed E-state index contributed by atoms with van der Waals surface area (Å²) in [5, 5.41) is 0.890. The second kappa shape index (κ2) is 6.93. The third-order valence-electron chi connectivity index (χ3n) is 3.68. The molecular formula is C15H20N2O4S. The van der Waals surface area contributed by atoms with Crippen LogP contribution in [0.2, 0.25) is 0 Å². The minimum Gasteiger partial charge on any atom is -0.497 e. The van der Waals surface area contributed by atoms with Gasteiger partial charge in [-0.3, -0.25) is 4.79 Å². The molecule has 1 aliphatic rings. The number of carbonyl (C=O) groups is 1. The Bertz CT molecular complexity index is 657. The summed E-state index contributed by atoms with van der Waals surface area (Å²) in [7, 11) is -1.86. The van der Waals surface area contributed by atoms with Crippen LogP contribution in [-0.2, 0) is 10.0 Å². The molecule has 22 heavy (non-hydrogen) atoms. The van der Waals surface area contributed by atoms with Crippen LogP contribution >= 0.6 is 0 Å². The van der Waals surface area contributed by atoms with Crippen molar-refractivity contribution < 1.29 is 17.9 Å². The number of ether oxygens (including phenoxy) is 1. The lowest BCUT2D eigenvalue weighted by Crippen LogP contribution is -2.32. The molecule has 120 valence electrons. The maximum atomic E-state index is 12.4. The van der Waals surface area contributed by atoms with Crippen LogP contribution in [-0.4, -0.2) is 46.0 Å². The Balaban J connectivity index is 1.94. The molecule has 1 saturated heterocycles. The molecule has 0 bridgehead atoms. The fraction of sp³-hybridized carbons (Fsp3) is 0.400. The van der Waals surface area contributed by atoms with E-state index in [1.54, 1.807) is 36.3 Å². The standard InChI is InChI=1S/C15H20N2O4S/c1-3-22(19,20)16-10-12-7-8-17(11-12)15(18)13-5-4-6-14(9-13)21-2/h3-6,9,12,16H,1,7-8,10-11H2,2H3. The van der Waals surface area contributed by atoms with Crippen LogP contribution in [0.1, 0.15) is 16.8 Å². The molecule has 7 heteroatoms. The topological polar surface area (TPSA) is 75.7 Å². The van der Waals surface area contributed by atoms with Crippen LogP contribution in [0, 0.1) is 5.92 Å². The van der Waals surface area contributed by atoms with Crippen molar-refractivity contribution in [3.63, 3.8) is 0 Å². The zero-order chi connectivity index (χ0) is 16.2. The molecule has 1 atom stereocenters. The monoisotopic (exact) mass is 324 g/mol. The molecular weight excluding hydrogens is 304 g/mol. The number of likely N-dealkylation sites (tertiary alicyclic amines) is 1. The molecule has 1 N–H and O–H groups in total. The maximum Gasteiger partial charge on any atom is 0.253 e. The fourth-order valence-electron chi connectivity index (χ4n) is 2.42. The number of nitrogens with one attached hydrogen (secondary N) is 1. The first-order valence-electron chi connectivity index (χ1n) is 7.00. The van der Waals surface area contributed by atoms with Gasteiger partial charge in [0, 0.05) is 30.6 Å². The minimum absolute atomic E-state index is 0.0621. The Labute approximate surface area is 130 Å². The number of amides is 1. The first kappa shape index (κ1) is 16.5. The molecule has 0 aliphatic carbocycles. The van der Waals surface area contributed by atoms with Gasteiger partial charge in [-0.1, -0.05) is 12.6 Å². The molecule has 0 spiro atoms. The molecule has 1 aliphatic heterocycles. The van der Waals surface area contributed by atoms with Crippen molar-refractivity contribution in [2.45, 2.75) is 6.42 Å². The van der Waals surface area contributed by atoms with Crippen LogP contribution in [0.15, 0.2) is 36.3 Å². The van der Waals surface area contributed by atoms with Gasteiger partial charge < -0.3 is 9.64 Å². The summed E-state index contributed by atoms with van der Waals surface area (Å²) < 4.78 is 30.3. The van der Waals surface area contributed by atoms with Crippen molar-refractivity contribution in [1.29, 1.82) is 0 Å². The molecule has 0 saturated carbocycles. The Morgan fingerprint density at radius 2 is 2.32 bits per heavy atom. The predicted molar refractivity (Wildman–Crippen MR) is 84.1 cm³/mol. The van der Waals surface area contributed by atoms with Crippen LogP contribution < -0.4 is 9.46 Å². The average molecular weight is 324 g/mol. The van der Waals surface area contributed by atoms with Crippen LogP contribution in [0.3, 0.4) is 0 Å². The molecule has 1 aromatic carbocycles. The second-order valence-electron chi connectivity index (χ2n) is 5.20. The molecule has 1 fully saturated rings. The van der Waals surface area contributed by atoms with Gasteiger partial charge in [-0.2, -0.15) is 0 Å². The van der Waals surface area contributed by atoms with Crippen molar-refractivity contribution in [3.8, 4) is 5.75 Å². The first-order valence-corrected chi connectivity index (χ1v) is 8.55. The summed E-state index contributed by atoms with van der Waals surface area (Å²) in [5.41, 5.74) is 0.576. The predicted octanol–water partition coefficient (Wildman–Crippen LogP) is 1.22. The third kappa shape index (κ3) is 4.08. The van der Waals surface area contributed by atoms with E-state index in [9.17, 15) is 13.2 Å². The normalized spacial score (nSPS) is 18.2. The quantitative estimate of drug-likeness (QED) is 0.854. The summed E-state index contributed by atoms with van der Waals surface area (Å²) in [5.74, 6) is 0.692. The average Bonchev–Trinajstić information content (AvgIpc) is 3.01. The van der Waals surface area contributed by atoms with E-state index >= 15 is 0 Å². The zero-order valence-electron chi connectivity index (χ0n) is 12.5. The molecule has 2 rings (SSSR count). The van der Waals surface area contributed by atoms with E-state index in [0.717, 1.165) is 11.8 Å². The lowest BCUT2D eigenvalue weighted by Gasteiger charge is -2.17. The number of hydrogen-bond donors (Lipinski definition) is 1. The number of nitrogens with zero attached hydrogens (tertiary/aromatic N) is 1. The van der Waals surface area contributed by atoms with Crippen molar-refractivity contribution >= 4 is 15.9 Å². The molecule has 1 aromatic rings. The number of benzene rings is 1.